The van der Waals surface area contributed by atoms with Crippen molar-refractivity contribution in [2.75, 3.05) is 0 Å². The second-order valence-corrected chi connectivity index (χ2v) is 6.23. The minimum atomic E-state index is -0.842. The van der Waals surface area contributed by atoms with Crippen molar-refractivity contribution in [1.82, 2.24) is 4.98 Å². The van der Waals surface area contributed by atoms with Gasteiger partial charge < -0.3 is 9.52 Å². The molecule has 1 aromatic heterocycles. The molecule has 0 saturated heterocycles. The minimum absolute atomic E-state index is 0.486. The van der Waals surface area contributed by atoms with Gasteiger partial charge in [-0.25, -0.2) is 4.98 Å². The Bertz CT molecular complexity index is 898. The van der Waals surface area contributed by atoms with E-state index in [1.54, 1.807) is 13.2 Å². The summed E-state index contributed by atoms with van der Waals surface area (Å²) in [4.78, 5) is 13.9. The van der Waals surface area contributed by atoms with Crippen molar-refractivity contribution < 1.29 is 14.3 Å². The van der Waals surface area contributed by atoms with Crippen LogP contribution in [0.4, 0.5) is 0 Å². The molecule has 0 radical (unpaired) electrons. The fourth-order valence-electron chi connectivity index (χ4n) is 1.88. The fraction of sp³-hybridized carbons (Fsp3) is 0.158. The molecule has 0 bridgehead atoms. The van der Waals surface area contributed by atoms with Crippen molar-refractivity contribution in [2.24, 2.45) is 0 Å². The highest BCUT2D eigenvalue weighted by molar-refractivity contribution is 7.81. The van der Waals surface area contributed by atoms with Crippen LogP contribution in [0.3, 0.4) is 0 Å². The number of halogens is 1. The van der Waals surface area contributed by atoms with E-state index >= 15 is 0 Å². The molecule has 0 fully saturated rings. The molecule has 1 unspecified atom stereocenters. The summed E-state index contributed by atoms with van der Waals surface area (Å²) in [6, 6.07) is 16.0. The summed E-state index contributed by atoms with van der Waals surface area (Å²) in [6.45, 7) is 1.78. The van der Waals surface area contributed by atoms with Crippen molar-refractivity contribution in [3.05, 3.63) is 76.6 Å². The molecule has 0 aliphatic heterocycles. The maximum atomic E-state index is 9.85. The number of thiol groups is 1. The number of carboxylic acid groups (broad SMARTS) is 1. The summed E-state index contributed by atoms with van der Waals surface area (Å²) in [6.07, 6.45) is 3.65. The van der Waals surface area contributed by atoms with Crippen LogP contribution in [0.25, 0.3) is 11.3 Å². The second-order valence-electron chi connectivity index (χ2n) is 5.20. The Hall–Kier alpha value is -2.24. The predicted octanol–water partition coefficient (Wildman–Crippen LogP) is 5.06. The molecular formula is C19H18ClNO3S. The minimum Gasteiger partial charge on any atom is -0.480 e. The molecular weight excluding hydrogens is 358 g/mol. The highest BCUT2D eigenvalue weighted by atomic mass is 35.5. The van der Waals surface area contributed by atoms with Gasteiger partial charge in [-0.1, -0.05) is 61.0 Å². The lowest BCUT2D eigenvalue weighted by molar-refractivity contribution is -0.136. The molecule has 6 heteroatoms. The van der Waals surface area contributed by atoms with Gasteiger partial charge in [0.25, 0.3) is 0 Å². The van der Waals surface area contributed by atoms with Gasteiger partial charge in [-0.2, -0.15) is 12.6 Å². The third-order valence-electron chi connectivity index (χ3n) is 3.45. The van der Waals surface area contributed by atoms with Gasteiger partial charge in [0.1, 0.15) is 12.0 Å². The highest BCUT2D eigenvalue weighted by Crippen LogP contribution is 2.20. The van der Waals surface area contributed by atoms with E-state index in [-0.39, 0.29) is 0 Å². The van der Waals surface area contributed by atoms with Gasteiger partial charge in [-0.05, 0) is 17.7 Å². The number of benzene rings is 2. The number of aliphatic carboxylic acids is 1. The van der Waals surface area contributed by atoms with Crippen LogP contribution < -0.4 is 0 Å². The number of aromatic nitrogens is 1. The monoisotopic (exact) mass is 375 g/mol. The quantitative estimate of drug-likeness (QED) is 0.491. The van der Waals surface area contributed by atoms with Crippen LogP contribution in [0, 0.1) is 10.4 Å². The number of carbonyl (C=O) groups is 1. The summed E-state index contributed by atoms with van der Waals surface area (Å²) in [7, 11) is 0. The molecule has 0 spiro atoms. The summed E-state index contributed by atoms with van der Waals surface area (Å²) >= 11 is 9.32. The van der Waals surface area contributed by atoms with Gasteiger partial charge in [-0.15, -0.1) is 0 Å². The lowest BCUT2D eigenvalue weighted by atomic mass is 10.1. The topological polar surface area (TPSA) is 63.3 Å². The van der Waals surface area contributed by atoms with E-state index in [1.165, 1.54) is 16.8 Å². The van der Waals surface area contributed by atoms with E-state index < -0.39 is 11.2 Å². The van der Waals surface area contributed by atoms with Crippen LogP contribution in [0.5, 0.6) is 0 Å². The number of oxazole rings is 1. The van der Waals surface area contributed by atoms with Crippen molar-refractivity contribution in [3.63, 3.8) is 0 Å². The second kappa shape index (κ2) is 9.30. The lowest BCUT2D eigenvalue weighted by Gasteiger charge is -2.01. The van der Waals surface area contributed by atoms with Crippen molar-refractivity contribution in [1.29, 1.82) is 0 Å². The van der Waals surface area contributed by atoms with Gasteiger partial charge in [0.15, 0.2) is 6.39 Å². The number of carboxylic acids is 1. The Labute approximate surface area is 156 Å². The zero-order valence-electron chi connectivity index (χ0n) is 13.6. The maximum absolute atomic E-state index is 9.85. The zero-order valence-corrected chi connectivity index (χ0v) is 15.2. The van der Waals surface area contributed by atoms with Crippen molar-refractivity contribution >= 4 is 30.2 Å². The zero-order chi connectivity index (χ0) is 18.2. The molecule has 2 aliphatic carbocycles. The summed E-state index contributed by atoms with van der Waals surface area (Å²) in [5.41, 5.74) is 1.96. The maximum Gasteiger partial charge on any atom is 0.316 e. The molecule has 1 aromatic carbocycles. The predicted molar refractivity (Wildman–Crippen MR) is 102 cm³/mol. The van der Waals surface area contributed by atoms with E-state index in [9.17, 15) is 4.79 Å². The van der Waals surface area contributed by atoms with Gasteiger partial charge in [0.2, 0.25) is 0 Å². The first-order valence-electron chi connectivity index (χ1n) is 7.67. The summed E-state index contributed by atoms with van der Waals surface area (Å²) < 4.78 is 4.86. The largest absolute Gasteiger partial charge is 0.480 e. The molecule has 4 nitrogen and oxygen atoms in total. The normalized spacial score (nSPS) is 11.3. The summed E-state index contributed by atoms with van der Waals surface area (Å²) in [5, 5.41) is 11.1. The lowest BCUT2D eigenvalue weighted by Crippen LogP contribution is -2.10. The van der Waals surface area contributed by atoms with E-state index in [1.807, 2.05) is 42.5 Å². The number of hydrogen-bond donors (Lipinski definition) is 2. The van der Waals surface area contributed by atoms with Crippen LogP contribution >= 0.6 is 24.2 Å². The molecule has 2 aliphatic rings. The Morgan fingerprint density at radius 1 is 1.28 bits per heavy atom. The van der Waals surface area contributed by atoms with Gasteiger partial charge in [-0.3, -0.25) is 4.79 Å². The first kappa shape index (κ1) is 19.1. The molecule has 0 amide bonds. The number of hydrogen-bond acceptors (Lipinski definition) is 4. The van der Waals surface area contributed by atoms with Gasteiger partial charge in [0.05, 0.1) is 5.25 Å². The van der Waals surface area contributed by atoms with E-state index in [4.69, 9.17) is 21.1 Å². The standard InChI is InChI=1S/C9H7NO.C6H3Cl.C4H8O2S/c1-2-4-8(5-3-1)9-6-11-7-10-9;7-6-3-4-1-2-5(4)6;1-2-3(7)4(5)6/h1-7H;1-3H;3,7H,2H2,1H3,(H,5,6). The fourth-order valence-corrected chi connectivity index (χ4v) is 2.17. The van der Waals surface area contributed by atoms with E-state index in [2.05, 4.69) is 23.7 Å². The Morgan fingerprint density at radius 3 is 2.28 bits per heavy atom. The highest BCUT2D eigenvalue weighted by Gasteiger charge is 2.06. The van der Waals surface area contributed by atoms with Crippen LogP contribution in [0.15, 0.2) is 65.6 Å². The van der Waals surface area contributed by atoms with Crippen LogP contribution in [-0.4, -0.2) is 21.3 Å². The molecule has 130 valence electrons. The Morgan fingerprint density at radius 2 is 2.00 bits per heavy atom. The van der Waals surface area contributed by atoms with Gasteiger partial charge >= 0.3 is 5.97 Å². The average molecular weight is 376 g/mol. The third-order valence-corrected chi connectivity index (χ3v) is 4.35. The molecule has 2 aromatic rings. The Kier molecular flexibility index (Phi) is 7.10. The first-order chi connectivity index (χ1) is 12.0. The molecule has 1 N–H and O–H groups in total. The van der Waals surface area contributed by atoms with E-state index in [0.29, 0.717) is 6.42 Å². The number of nitrogens with zero attached hydrogens (tertiary/aromatic N) is 1. The van der Waals surface area contributed by atoms with Crippen LogP contribution in [-0.2, 0) is 4.79 Å². The Balaban J connectivity index is 0.000000142. The van der Waals surface area contributed by atoms with Crippen LogP contribution in [0.2, 0.25) is 5.02 Å². The van der Waals surface area contributed by atoms with Gasteiger partial charge in [0, 0.05) is 15.8 Å². The average Bonchev–Trinajstić information content (AvgIpc) is 3.15. The van der Waals surface area contributed by atoms with E-state index in [0.717, 1.165) is 16.3 Å². The molecule has 1 heterocycles. The third kappa shape index (κ3) is 5.37. The van der Waals surface area contributed by atoms with Crippen LogP contribution in [0.1, 0.15) is 13.3 Å². The SMILES string of the molecule is CCC(S)C(=O)O.Clc1cc2ccc1=2.c1ccc(-c2cocn2)cc1. The van der Waals surface area contributed by atoms with Crippen molar-refractivity contribution in [3.8, 4) is 11.3 Å². The molecule has 25 heavy (non-hydrogen) atoms. The molecule has 4 rings (SSSR count). The smallest absolute Gasteiger partial charge is 0.316 e. The summed E-state index contributed by atoms with van der Waals surface area (Å²) in [5.74, 6) is -0.842. The van der Waals surface area contributed by atoms with Crippen molar-refractivity contribution in [2.45, 2.75) is 18.6 Å². The molecule has 1 atom stereocenters. The first-order valence-corrected chi connectivity index (χ1v) is 8.56. The number of rotatable bonds is 3. The molecule has 0 saturated carbocycles.